The minimum Gasteiger partial charge on any atom is -0.341 e. The van der Waals surface area contributed by atoms with Crippen LogP contribution in [0.4, 0.5) is 0 Å². The third-order valence-corrected chi connectivity index (χ3v) is 5.86. The zero-order chi connectivity index (χ0) is 18.0. The Kier molecular flexibility index (Phi) is 5.52. The maximum atomic E-state index is 12.9. The number of likely N-dealkylation sites (tertiary alicyclic amines) is 1. The van der Waals surface area contributed by atoms with Crippen molar-refractivity contribution >= 4 is 17.7 Å². The Balaban J connectivity index is 1.74. The van der Waals surface area contributed by atoms with Crippen LogP contribution in [0, 0.1) is 18.8 Å². The summed E-state index contributed by atoms with van der Waals surface area (Å²) < 4.78 is 2.07. The molecule has 0 N–H and O–H groups in total. The van der Waals surface area contributed by atoms with Crippen LogP contribution in [0.15, 0.2) is 41.8 Å². The molecule has 2 aromatic rings. The zero-order valence-electron chi connectivity index (χ0n) is 15.5. The number of carbonyl (C=O) groups is 1. The van der Waals surface area contributed by atoms with Crippen molar-refractivity contribution in [2.24, 2.45) is 11.8 Å². The molecule has 2 heterocycles. The number of benzene rings is 1. The summed E-state index contributed by atoms with van der Waals surface area (Å²) in [5.74, 6) is 1.39. The van der Waals surface area contributed by atoms with Crippen molar-refractivity contribution in [2.45, 2.75) is 44.5 Å². The lowest BCUT2D eigenvalue weighted by Crippen LogP contribution is -2.45. The molecule has 0 aliphatic carbocycles. The van der Waals surface area contributed by atoms with Crippen molar-refractivity contribution < 1.29 is 4.79 Å². The van der Waals surface area contributed by atoms with Crippen LogP contribution in [0.3, 0.4) is 0 Å². The normalized spacial score (nSPS) is 22.0. The lowest BCUT2D eigenvalue weighted by molar-refractivity contribution is -0.132. The fourth-order valence-electron chi connectivity index (χ4n) is 3.70. The topological polar surface area (TPSA) is 38.1 Å². The summed E-state index contributed by atoms with van der Waals surface area (Å²) in [5.41, 5.74) is 2.31. The van der Waals surface area contributed by atoms with Gasteiger partial charge >= 0.3 is 0 Å². The number of aryl methyl sites for hydroxylation is 1. The molecule has 4 nitrogen and oxygen atoms in total. The number of nitrogens with zero attached hydrogens (tertiary/aromatic N) is 3. The average Bonchev–Trinajstić information content (AvgIpc) is 3.01. The standard InChI is InChI=1S/C20H27N3OS/c1-14-11-15(2)13-22(12-14)19(24)17(4)25-20-21-9-10-23(20)18-8-6-5-7-16(18)3/h5-10,14-15,17H,11-13H2,1-4H3. The quantitative estimate of drug-likeness (QED) is 0.771. The van der Waals surface area contributed by atoms with Crippen LogP contribution in [-0.2, 0) is 4.79 Å². The molecule has 134 valence electrons. The average molecular weight is 358 g/mol. The highest BCUT2D eigenvalue weighted by molar-refractivity contribution is 8.00. The van der Waals surface area contributed by atoms with E-state index in [-0.39, 0.29) is 11.2 Å². The van der Waals surface area contributed by atoms with Gasteiger partial charge in [0.2, 0.25) is 5.91 Å². The lowest BCUT2D eigenvalue weighted by atomic mass is 9.92. The Morgan fingerprint density at radius 3 is 2.60 bits per heavy atom. The van der Waals surface area contributed by atoms with E-state index in [9.17, 15) is 4.79 Å². The van der Waals surface area contributed by atoms with Gasteiger partial charge in [0.1, 0.15) is 0 Å². The van der Waals surface area contributed by atoms with Crippen LogP contribution < -0.4 is 0 Å². The number of rotatable bonds is 4. The second-order valence-electron chi connectivity index (χ2n) is 7.32. The Morgan fingerprint density at radius 1 is 1.24 bits per heavy atom. The maximum Gasteiger partial charge on any atom is 0.235 e. The molecule has 1 saturated heterocycles. The molecule has 3 unspecified atom stereocenters. The molecule has 1 fully saturated rings. The summed E-state index contributed by atoms with van der Waals surface area (Å²) in [6, 6.07) is 8.24. The molecule has 0 spiro atoms. The minimum absolute atomic E-state index is 0.136. The monoisotopic (exact) mass is 357 g/mol. The molecule has 1 aliphatic rings. The molecule has 3 rings (SSSR count). The first-order valence-electron chi connectivity index (χ1n) is 9.00. The van der Waals surface area contributed by atoms with Gasteiger partial charge in [0.25, 0.3) is 0 Å². The smallest absolute Gasteiger partial charge is 0.235 e. The fourth-order valence-corrected chi connectivity index (χ4v) is 4.66. The second-order valence-corrected chi connectivity index (χ2v) is 8.62. The van der Waals surface area contributed by atoms with Crippen molar-refractivity contribution in [3.05, 3.63) is 42.2 Å². The number of para-hydroxylation sites is 1. The van der Waals surface area contributed by atoms with Gasteiger partial charge in [0.05, 0.1) is 10.9 Å². The van der Waals surface area contributed by atoms with Crippen LogP contribution in [0.1, 0.15) is 32.8 Å². The SMILES string of the molecule is Cc1ccccc1-n1ccnc1SC(C)C(=O)N1CC(C)CC(C)C1. The summed E-state index contributed by atoms with van der Waals surface area (Å²) in [4.78, 5) is 19.4. The third kappa shape index (κ3) is 4.09. The summed E-state index contributed by atoms with van der Waals surface area (Å²) in [6.07, 6.45) is 4.98. The molecule has 1 amide bonds. The molecule has 1 aromatic carbocycles. The predicted molar refractivity (Wildman–Crippen MR) is 103 cm³/mol. The Hall–Kier alpha value is -1.75. The molecule has 0 bridgehead atoms. The van der Waals surface area contributed by atoms with Gasteiger partial charge < -0.3 is 4.90 Å². The van der Waals surface area contributed by atoms with Crippen molar-refractivity contribution in [2.75, 3.05) is 13.1 Å². The van der Waals surface area contributed by atoms with Gasteiger partial charge in [-0.15, -0.1) is 0 Å². The predicted octanol–water partition coefficient (Wildman–Crippen LogP) is 4.17. The van der Waals surface area contributed by atoms with Gasteiger partial charge in [-0.1, -0.05) is 43.8 Å². The highest BCUT2D eigenvalue weighted by Gasteiger charge is 2.29. The fraction of sp³-hybridized carbons (Fsp3) is 0.500. The zero-order valence-corrected chi connectivity index (χ0v) is 16.3. The largest absolute Gasteiger partial charge is 0.341 e. The van der Waals surface area contributed by atoms with Crippen LogP contribution in [0.25, 0.3) is 5.69 Å². The van der Waals surface area contributed by atoms with Crippen molar-refractivity contribution in [3.63, 3.8) is 0 Å². The van der Waals surface area contributed by atoms with E-state index in [2.05, 4.69) is 42.5 Å². The van der Waals surface area contributed by atoms with E-state index in [0.29, 0.717) is 11.8 Å². The van der Waals surface area contributed by atoms with E-state index in [1.54, 1.807) is 18.0 Å². The molecular formula is C20H27N3OS. The van der Waals surface area contributed by atoms with E-state index in [1.807, 2.05) is 30.2 Å². The first kappa shape index (κ1) is 18.1. The Labute approximate surface area is 154 Å². The van der Waals surface area contributed by atoms with Crippen LogP contribution >= 0.6 is 11.8 Å². The number of aromatic nitrogens is 2. The Morgan fingerprint density at radius 2 is 1.92 bits per heavy atom. The third-order valence-electron chi connectivity index (χ3n) is 4.79. The van der Waals surface area contributed by atoms with Crippen molar-refractivity contribution in [1.82, 2.24) is 14.5 Å². The summed E-state index contributed by atoms with van der Waals surface area (Å²) in [6.45, 7) is 10.3. The molecule has 1 aliphatic heterocycles. The first-order chi connectivity index (χ1) is 12.0. The molecule has 1 aromatic heterocycles. The number of thioether (sulfide) groups is 1. The van der Waals surface area contributed by atoms with Gasteiger partial charge in [-0.3, -0.25) is 9.36 Å². The van der Waals surface area contributed by atoms with Crippen LogP contribution in [0.5, 0.6) is 0 Å². The highest BCUT2D eigenvalue weighted by Crippen LogP contribution is 2.29. The van der Waals surface area contributed by atoms with Crippen LogP contribution in [-0.4, -0.2) is 38.7 Å². The van der Waals surface area contributed by atoms with E-state index < -0.39 is 0 Å². The number of imidazole rings is 1. The molecule has 25 heavy (non-hydrogen) atoms. The Bertz CT molecular complexity index is 732. The van der Waals surface area contributed by atoms with E-state index >= 15 is 0 Å². The number of amides is 1. The molecule has 0 saturated carbocycles. The van der Waals surface area contributed by atoms with Crippen molar-refractivity contribution in [1.29, 1.82) is 0 Å². The molecule has 3 atom stereocenters. The van der Waals surface area contributed by atoms with Crippen molar-refractivity contribution in [3.8, 4) is 5.69 Å². The second kappa shape index (κ2) is 7.65. The van der Waals surface area contributed by atoms with Gasteiger partial charge in [-0.2, -0.15) is 0 Å². The highest BCUT2D eigenvalue weighted by atomic mass is 32.2. The number of hydrogen-bond acceptors (Lipinski definition) is 3. The lowest BCUT2D eigenvalue weighted by Gasteiger charge is -2.36. The first-order valence-corrected chi connectivity index (χ1v) is 9.88. The summed E-state index contributed by atoms with van der Waals surface area (Å²) in [7, 11) is 0. The minimum atomic E-state index is -0.136. The van der Waals surface area contributed by atoms with E-state index in [0.717, 1.165) is 23.9 Å². The molecule has 5 heteroatoms. The maximum absolute atomic E-state index is 12.9. The number of hydrogen-bond donors (Lipinski definition) is 0. The number of carbonyl (C=O) groups excluding carboxylic acids is 1. The van der Waals surface area contributed by atoms with Gasteiger partial charge in [0, 0.05) is 25.5 Å². The molecule has 0 radical (unpaired) electrons. The van der Waals surface area contributed by atoms with Gasteiger partial charge in [-0.05, 0) is 43.7 Å². The van der Waals surface area contributed by atoms with E-state index in [1.165, 1.54) is 12.0 Å². The van der Waals surface area contributed by atoms with Gasteiger partial charge in [-0.25, -0.2) is 4.98 Å². The van der Waals surface area contributed by atoms with E-state index in [4.69, 9.17) is 0 Å². The summed E-state index contributed by atoms with van der Waals surface area (Å²) in [5, 5.41) is 0.732. The molecular weight excluding hydrogens is 330 g/mol. The summed E-state index contributed by atoms with van der Waals surface area (Å²) >= 11 is 1.55. The van der Waals surface area contributed by atoms with Crippen LogP contribution in [0.2, 0.25) is 0 Å². The van der Waals surface area contributed by atoms with Gasteiger partial charge in [0.15, 0.2) is 5.16 Å². The number of piperidine rings is 1.